The van der Waals surface area contributed by atoms with E-state index in [2.05, 4.69) is 31.0 Å². The van der Waals surface area contributed by atoms with Gasteiger partial charge in [0.15, 0.2) is 0 Å². The lowest BCUT2D eigenvalue weighted by molar-refractivity contribution is -0.137. The molecule has 178 valence electrons. The largest absolute Gasteiger partial charge is 0.418 e. The number of halogens is 3. The van der Waals surface area contributed by atoms with Crippen LogP contribution < -0.4 is 16.0 Å². The van der Waals surface area contributed by atoms with E-state index >= 15 is 0 Å². The summed E-state index contributed by atoms with van der Waals surface area (Å²) in [5.74, 6) is -0.976. The summed E-state index contributed by atoms with van der Waals surface area (Å²) in [6.07, 6.45) is -2.76. The van der Waals surface area contributed by atoms with Gasteiger partial charge < -0.3 is 20.7 Å². The fourth-order valence-electron chi connectivity index (χ4n) is 3.92. The van der Waals surface area contributed by atoms with E-state index in [4.69, 9.17) is 10.5 Å². The highest BCUT2D eigenvalue weighted by Gasteiger charge is 2.40. The van der Waals surface area contributed by atoms with Gasteiger partial charge in [-0.25, -0.2) is 0 Å². The van der Waals surface area contributed by atoms with Crippen molar-refractivity contribution in [3.63, 3.8) is 0 Å². The molecule has 0 radical (unpaired) electrons. The standard InChI is InChI=1S/C22H31F3N4O3/c1-21(2,3)13-29(15-5-6-15)18(11-26)20(31)27-14-4-7-17(16(10-14)22(23,24)25)28-8-9-32-12-19(28)30/h4,7,10,15,18H,5-6,8-9,11-13,26H2,1-3H3,(H,27,31)/t18-/m0/s1. The van der Waals surface area contributed by atoms with Crippen molar-refractivity contribution < 1.29 is 27.5 Å². The van der Waals surface area contributed by atoms with Crippen LogP contribution in [0.25, 0.3) is 0 Å². The molecule has 0 unspecified atom stereocenters. The smallest absolute Gasteiger partial charge is 0.370 e. The first-order valence-electron chi connectivity index (χ1n) is 10.8. The van der Waals surface area contributed by atoms with E-state index in [1.54, 1.807) is 0 Å². The minimum absolute atomic E-state index is 0.0109. The van der Waals surface area contributed by atoms with Crippen molar-refractivity contribution in [1.29, 1.82) is 0 Å². The van der Waals surface area contributed by atoms with Gasteiger partial charge in [0.05, 0.1) is 17.9 Å². The Morgan fingerprint density at radius 1 is 1.31 bits per heavy atom. The highest BCUT2D eigenvalue weighted by atomic mass is 19.4. The molecule has 1 aliphatic heterocycles. The summed E-state index contributed by atoms with van der Waals surface area (Å²) in [6.45, 7) is 6.83. The molecule has 32 heavy (non-hydrogen) atoms. The lowest BCUT2D eigenvalue weighted by atomic mass is 9.95. The van der Waals surface area contributed by atoms with Crippen LogP contribution in [0, 0.1) is 5.41 Å². The van der Waals surface area contributed by atoms with Gasteiger partial charge in [-0.3, -0.25) is 14.5 Å². The van der Waals surface area contributed by atoms with E-state index in [0.29, 0.717) is 6.54 Å². The molecule has 0 bridgehead atoms. The first-order chi connectivity index (χ1) is 14.9. The van der Waals surface area contributed by atoms with E-state index in [1.165, 1.54) is 12.1 Å². The SMILES string of the molecule is CC(C)(C)CN(C1CC1)[C@@H](CN)C(=O)Nc1ccc(N2CCOCC2=O)c(C(F)(F)F)c1. The number of amides is 2. The van der Waals surface area contributed by atoms with E-state index in [1.807, 2.05) is 0 Å². The third kappa shape index (κ3) is 5.99. The number of carbonyl (C=O) groups excluding carboxylic acids is 2. The molecular formula is C22H31F3N4O3. The number of hydrogen-bond acceptors (Lipinski definition) is 5. The van der Waals surface area contributed by atoms with Crippen LogP contribution in [0.15, 0.2) is 18.2 Å². The molecule has 2 aliphatic rings. The molecule has 1 aliphatic carbocycles. The fraction of sp³-hybridized carbons (Fsp3) is 0.636. The number of anilines is 2. The Labute approximate surface area is 186 Å². The Bertz CT molecular complexity index is 850. The number of nitrogens with two attached hydrogens (primary N) is 1. The van der Waals surface area contributed by atoms with Crippen LogP contribution in [0.4, 0.5) is 24.5 Å². The second-order valence-corrected chi connectivity index (χ2v) is 9.53. The summed E-state index contributed by atoms with van der Waals surface area (Å²) < 4.78 is 46.4. The summed E-state index contributed by atoms with van der Waals surface area (Å²) in [4.78, 5) is 28.2. The first-order valence-corrected chi connectivity index (χ1v) is 10.8. The predicted molar refractivity (Wildman–Crippen MR) is 115 cm³/mol. The van der Waals surface area contributed by atoms with Crippen LogP contribution in [0.3, 0.4) is 0 Å². The molecule has 2 amide bonds. The lowest BCUT2D eigenvalue weighted by Gasteiger charge is -2.35. The van der Waals surface area contributed by atoms with Crippen LogP contribution in [0.2, 0.25) is 0 Å². The molecule has 1 aromatic carbocycles. The number of ether oxygens (including phenoxy) is 1. The van der Waals surface area contributed by atoms with Gasteiger partial charge in [-0.1, -0.05) is 20.8 Å². The van der Waals surface area contributed by atoms with E-state index in [-0.39, 0.29) is 49.1 Å². The Kier molecular flexibility index (Phi) is 7.16. The maximum Gasteiger partial charge on any atom is 0.418 e. The minimum atomic E-state index is -4.70. The number of hydrogen-bond donors (Lipinski definition) is 2. The molecule has 3 N–H and O–H groups in total. The van der Waals surface area contributed by atoms with Gasteiger partial charge in [0, 0.05) is 31.4 Å². The molecule has 1 atom stereocenters. The van der Waals surface area contributed by atoms with Crippen molar-refractivity contribution in [3.05, 3.63) is 23.8 Å². The molecule has 0 aromatic heterocycles. The topological polar surface area (TPSA) is 87.9 Å². The van der Waals surface area contributed by atoms with Crippen LogP contribution in [-0.4, -0.2) is 61.6 Å². The zero-order valence-corrected chi connectivity index (χ0v) is 18.7. The first kappa shape index (κ1) is 24.5. The monoisotopic (exact) mass is 456 g/mol. The summed E-state index contributed by atoms with van der Waals surface area (Å²) >= 11 is 0. The van der Waals surface area contributed by atoms with E-state index in [9.17, 15) is 22.8 Å². The zero-order valence-electron chi connectivity index (χ0n) is 18.7. The van der Waals surface area contributed by atoms with Gasteiger partial charge in [0.25, 0.3) is 5.91 Å². The number of benzene rings is 1. The number of nitrogens with zero attached hydrogens (tertiary/aromatic N) is 2. The van der Waals surface area contributed by atoms with Gasteiger partial charge in [0.2, 0.25) is 5.91 Å². The lowest BCUT2D eigenvalue weighted by Crippen LogP contribution is -2.52. The molecule has 1 aromatic rings. The summed E-state index contributed by atoms with van der Waals surface area (Å²) in [5, 5.41) is 2.61. The molecule has 1 saturated heterocycles. The normalized spacial score (nSPS) is 18.8. The maximum atomic E-state index is 13.8. The van der Waals surface area contributed by atoms with Crippen LogP contribution in [0.5, 0.6) is 0 Å². The zero-order chi connectivity index (χ0) is 23.7. The van der Waals surface area contributed by atoms with Crippen molar-refractivity contribution in [2.75, 3.05) is 43.1 Å². The van der Waals surface area contributed by atoms with Crippen LogP contribution in [0.1, 0.15) is 39.2 Å². The van der Waals surface area contributed by atoms with E-state index < -0.39 is 29.6 Å². The number of carbonyl (C=O) groups is 2. The van der Waals surface area contributed by atoms with Gasteiger partial charge in [-0.2, -0.15) is 13.2 Å². The van der Waals surface area contributed by atoms with Gasteiger partial charge >= 0.3 is 6.18 Å². The summed E-state index contributed by atoms with van der Waals surface area (Å²) in [7, 11) is 0. The Morgan fingerprint density at radius 2 is 2.00 bits per heavy atom. The van der Waals surface area contributed by atoms with Crippen LogP contribution in [-0.2, 0) is 20.5 Å². The Balaban J connectivity index is 1.84. The summed E-state index contributed by atoms with van der Waals surface area (Å²) in [6, 6.07) is 3.08. The third-order valence-electron chi connectivity index (χ3n) is 5.45. The third-order valence-corrected chi connectivity index (χ3v) is 5.45. The molecule has 1 heterocycles. The highest BCUT2D eigenvalue weighted by molar-refractivity contribution is 5.98. The van der Waals surface area contributed by atoms with Gasteiger partial charge in [0.1, 0.15) is 12.6 Å². The Hall–Kier alpha value is -2.17. The summed E-state index contributed by atoms with van der Waals surface area (Å²) in [5.41, 5.74) is 4.63. The second-order valence-electron chi connectivity index (χ2n) is 9.53. The van der Waals surface area contributed by atoms with Crippen molar-refractivity contribution in [2.24, 2.45) is 11.1 Å². The Morgan fingerprint density at radius 3 is 2.53 bits per heavy atom. The molecule has 10 heteroatoms. The van der Waals surface area contributed by atoms with Gasteiger partial charge in [-0.05, 0) is 36.5 Å². The van der Waals surface area contributed by atoms with Crippen molar-refractivity contribution in [3.8, 4) is 0 Å². The number of morpholine rings is 1. The number of nitrogens with one attached hydrogen (secondary N) is 1. The number of alkyl halides is 3. The minimum Gasteiger partial charge on any atom is -0.370 e. The van der Waals surface area contributed by atoms with Crippen molar-refractivity contribution in [2.45, 2.75) is 51.9 Å². The molecule has 0 spiro atoms. The average Bonchev–Trinajstić information content (AvgIpc) is 3.52. The molecule has 1 saturated carbocycles. The fourth-order valence-corrected chi connectivity index (χ4v) is 3.92. The van der Waals surface area contributed by atoms with Gasteiger partial charge in [-0.15, -0.1) is 0 Å². The van der Waals surface area contributed by atoms with Crippen molar-refractivity contribution >= 4 is 23.2 Å². The predicted octanol–water partition coefficient (Wildman–Crippen LogP) is 2.84. The average molecular weight is 457 g/mol. The maximum absolute atomic E-state index is 13.8. The van der Waals surface area contributed by atoms with Crippen LogP contribution >= 0.6 is 0 Å². The number of rotatable bonds is 7. The highest BCUT2D eigenvalue weighted by Crippen LogP contribution is 2.39. The van der Waals surface area contributed by atoms with Crippen molar-refractivity contribution in [1.82, 2.24) is 4.90 Å². The molecule has 7 nitrogen and oxygen atoms in total. The quantitative estimate of drug-likeness (QED) is 0.659. The molecule has 2 fully saturated rings. The van der Waals surface area contributed by atoms with E-state index in [0.717, 1.165) is 23.8 Å². The molecular weight excluding hydrogens is 425 g/mol. The second kappa shape index (κ2) is 9.36. The molecule has 3 rings (SSSR count).